The summed E-state index contributed by atoms with van der Waals surface area (Å²) in [5.41, 5.74) is -3.93. The maximum absolute atomic E-state index is 13.2. The van der Waals surface area contributed by atoms with E-state index in [4.69, 9.17) is 0 Å². The van der Waals surface area contributed by atoms with E-state index in [0.717, 1.165) is 25.7 Å². The van der Waals surface area contributed by atoms with Crippen LogP contribution in [0.2, 0.25) is 0 Å². The molecule has 1 aliphatic carbocycles. The predicted molar refractivity (Wildman–Crippen MR) is 112 cm³/mol. The van der Waals surface area contributed by atoms with Gasteiger partial charge in [0, 0.05) is 12.6 Å². The number of benzene rings is 1. The molecule has 182 valence electrons. The number of thioether (sulfide) groups is 1. The van der Waals surface area contributed by atoms with Crippen LogP contribution < -0.4 is 10.6 Å². The van der Waals surface area contributed by atoms with E-state index in [-0.39, 0.29) is 37.2 Å². The second kappa shape index (κ2) is 10.4. The fraction of sp³-hybridized carbons (Fsp3) is 0.571. The molecule has 3 rings (SSSR count). The molecule has 1 saturated carbocycles. The third-order valence-corrected chi connectivity index (χ3v) is 6.67. The molecule has 1 atom stereocenters. The van der Waals surface area contributed by atoms with Crippen molar-refractivity contribution in [2.75, 3.05) is 6.54 Å². The minimum atomic E-state index is -5.00. The Morgan fingerprint density at radius 1 is 1.03 bits per heavy atom. The molecular weight excluding hydrogens is 472 g/mol. The predicted octanol–water partition coefficient (Wildman–Crippen LogP) is 5.15. The van der Waals surface area contributed by atoms with E-state index in [2.05, 4.69) is 15.6 Å². The smallest absolute Gasteiger partial charge is 0.362 e. The lowest BCUT2D eigenvalue weighted by Crippen LogP contribution is -2.32. The molecule has 1 aromatic rings. The lowest BCUT2D eigenvalue weighted by Gasteiger charge is -2.17. The number of carbonyl (C=O) groups is 2. The van der Waals surface area contributed by atoms with Crippen LogP contribution in [0.4, 0.5) is 26.3 Å². The molecule has 33 heavy (non-hydrogen) atoms. The Kier molecular flexibility index (Phi) is 7.96. The van der Waals surface area contributed by atoms with Crippen LogP contribution in [-0.4, -0.2) is 34.8 Å². The molecule has 0 radical (unpaired) electrons. The number of hydrogen-bond donors (Lipinski definition) is 2. The zero-order valence-corrected chi connectivity index (χ0v) is 18.3. The number of amides is 2. The largest absolute Gasteiger partial charge is 0.417 e. The van der Waals surface area contributed by atoms with E-state index in [0.29, 0.717) is 5.17 Å². The fourth-order valence-electron chi connectivity index (χ4n) is 3.80. The van der Waals surface area contributed by atoms with Crippen LogP contribution in [0.3, 0.4) is 0 Å². The molecule has 1 aliphatic heterocycles. The first kappa shape index (κ1) is 25.4. The summed E-state index contributed by atoms with van der Waals surface area (Å²) in [6.45, 7) is -0.192. The van der Waals surface area contributed by atoms with Crippen molar-refractivity contribution in [3.05, 3.63) is 34.9 Å². The van der Waals surface area contributed by atoms with Crippen molar-refractivity contribution >= 4 is 28.7 Å². The summed E-state index contributed by atoms with van der Waals surface area (Å²) in [7, 11) is 0. The second-order valence-corrected chi connectivity index (χ2v) is 9.19. The number of rotatable bonds is 5. The summed E-state index contributed by atoms with van der Waals surface area (Å²) >= 11 is 1.19. The van der Waals surface area contributed by atoms with E-state index in [9.17, 15) is 35.9 Å². The van der Waals surface area contributed by atoms with Gasteiger partial charge in [-0.15, -0.1) is 0 Å². The summed E-state index contributed by atoms with van der Waals surface area (Å²) < 4.78 is 78.3. The first-order valence-electron chi connectivity index (χ1n) is 10.6. The Morgan fingerprint density at radius 3 is 2.30 bits per heavy atom. The van der Waals surface area contributed by atoms with Crippen LogP contribution in [-0.2, 0) is 17.1 Å². The van der Waals surface area contributed by atoms with Crippen LogP contribution in [0.25, 0.3) is 0 Å². The van der Waals surface area contributed by atoms with Gasteiger partial charge in [0.25, 0.3) is 11.8 Å². The van der Waals surface area contributed by atoms with Crippen LogP contribution in [0.5, 0.6) is 0 Å². The number of carbonyl (C=O) groups excluding carboxylic acids is 2. The van der Waals surface area contributed by atoms with Gasteiger partial charge in [0.05, 0.1) is 21.9 Å². The van der Waals surface area contributed by atoms with Gasteiger partial charge >= 0.3 is 12.4 Å². The van der Waals surface area contributed by atoms with Crippen LogP contribution in [0, 0.1) is 0 Å². The maximum atomic E-state index is 13.2. The van der Waals surface area contributed by atoms with Crippen molar-refractivity contribution < 1.29 is 35.9 Å². The first-order valence-corrected chi connectivity index (χ1v) is 11.5. The van der Waals surface area contributed by atoms with E-state index in [1.807, 2.05) is 0 Å². The highest BCUT2D eigenvalue weighted by Gasteiger charge is 2.38. The topological polar surface area (TPSA) is 70.6 Å². The molecule has 1 fully saturated rings. The van der Waals surface area contributed by atoms with Gasteiger partial charge in [-0.05, 0) is 37.5 Å². The molecule has 2 N–H and O–H groups in total. The summed E-state index contributed by atoms with van der Waals surface area (Å²) in [6.07, 6.45) is -3.34. The van der Waals surface area contributed by atoms with E-state index < -0.39 is 46.1 Å². The van der Waals surface area contributed by atoms with Crippen molar-refractivity contribution in [2.45, 2.75) is 68.6 Å². The number of alkyl halides is 6. The molecule has 1 aromatic carbocycles. The maximum Gasteiger partial charge on any atom is 0.417 e. The Bertz CT molecular complexity index is 908. The van der Waals surface area contributed by atoms with Crippen molar-refractivity contribution in [1.29, 1.82) is 0 Å². The number of hydrogen-bond acceptors (Lipinski definition) is 4. The number of nitrogens with one attached hydrogen (secondary N) is 2. The molecule has 12 heteroatoms. The highest BCUT2D eigenvalue weighted by Crippen LogP contribution is 2.36. The number of nitrogens with zero attached hydrogens (tertiary/aromatic N) is 1. The zero-order valence-electron chi connectivity index (χ0n) is 17.5. The van der Waals surface area contributed by atoms with E-state index in [1.54, 1.807) is 0 Å². The van der Waals surface area contributed by atoms with Gasteiger partial charge in [-0.2, -0.15) is 31.3 Å². The summed E-state index contributed by atoms with van der Waals surface area (Å²) in [5.74, 6) is -1.71. The molecule has 0 saturated heterocycles. The van der Waals surface area contributed by atoms with Crippen LogP contribution in [0.15, 0.2) is 23.2 Å². The summed E-state index contributed by atoms with van der Waals surface area (Å²) in [4.78, 5) is 28.4. The Morgan fingerprint density at radius 2 is 1.70 bits per heavy atom. The van der Waals surface area contributed by atoms with Crippen molar-refractivity contribution in [2.24, 2.45) is 4.99 Å². The Balaban J connectivity index is 1.57. The molecule has 0 bridgehead atoms. The molecule has 1 heterocycles. The van der Waals surface area contributed by atoms with Crippen molar-refractivity contribution in [3.8, 4) is 0 Å². The quantitative estimate of drug-likeness (QED) is 0.438. The molecule has 1 unspecified atom stereocenters. The van der Waals surface area contributed by atoms with Gasteiger partial charge in [-0.25, -0.2) is 0 Å². The van der Waals surface area contributed by atoms with Crippen LogP contribution >= 0.6 is 11.8 Å². The minimum absolute atomic E-state index is 0.0783. The van der Waals surface area contributed by atoms with Gasteiger partial charge in [0.15, 0.2) is 5.17 Å². The Labute approximate surface area is 190 Å². The average Bonchev–Trinajstić information content (AvgIpc) is 2.90. The summed E-state index contributed by atoms with van der Waals surface area (Å²) in [6, 6.07) is 0.943. The number of amidine groups is 1. The highest BCUT2D eigenvalue weighted by molar-refractivity contribution is 8.15. The van der Waals surface area contributed by atoms with E-state index in [1.165, 1.54) is 24.6 Å². The third-order valence-electron chi connectivity index (χ3n) is 5.51. The minimum Gasteiger partial charge on any atom is -0.362 e. The second-order valence-electron chi connectivity index (χ2n) is 7.99. The van der Waals surface area contributed by atoms with Gasteiger partial charge in [0.2, 0.25) is 0 Å². The van der Waals surface area contributed by atoms with Gasteiger partial charge in [-0.3, -0.25) is 9.59 Å². The SMILES string of the molecule is O=C(NCCC1SC(NC2CCCCCC2)=NC1=O)c1cc(C(F)(F)F)ccc1C(F)(F)F. The Hall–Kier alpha value is -2.24. The lowest BCUT2D eigenvalue weighted by molar-refractivity contribution is -0.141. The van der Waals surface area contributed by atoms with Gasteiger partial charge < -0.3 is 10.6 Å². The van der Waals surface area contributed by atoms with Crippen LogP contribution in [0.1, 0.15) is 66.4 Å². The molecule has 0 spiro atoms. The van der Waals surface area contributed by atoms with Gasteiger partial charge in [0.1, 0.15) is 0 Å². The zero-order chi connectivity index (χ0) is 24.2. The standard InChI is InChI=1S/C21H23F6N3O2S/c22-20(23,24)12-7-8-15(21(25,26)27)14(11-12)17(31)28-10-9-16-18(32)30-19(33-16)29-13-5-3-1-2-4-6-13/h7-8,11,13,16H,1-6,9-10H2,(H,28,31)(H,29,30,32). The third kappa shape index (κ3) is 6.87. The van der Waals surface area contributed by atoms with E-state index >= 15 is 0 Å². The number of aliphatic imine (C=N–C) groups is 1. The summed E-state index contributed by atoms with van der Waals surface area (Å²) in [5, 5.41) is 5.32. The first-order chi connectivity index (χ1) is 15.4. The fourth-order valence-corrected chi connectivity index (χ4v) is 4.83. The number of halogens is 6. The van der Waals surface area contributed by atoms with Gasteiger partial charge in [-0.1, -0.05) is 37.4 Å². The average molecular weight is 495 g/mol. The molecule has 5 nitrogen and oxygen atoms in total. The molecule has 0 aromatic heterocycles. The van der Waals surface area contributed by atoms with Crippen molar-refractivity contribution in [3.63, 3.8) is 0 Å². The molecule has 2 amide bonds. The molecule has 2 aliphatic rings. The molecular formula is C21H23F6N3O2S. The monoisotopic (exact) mass is 495 g/mol. The lowest BCUT2D eigenvalue weighted by atomic mass is 10.0. The van der Waals surface area contributed by atoms with Crippen molar-refractivity contribution in [1.82, 2.24) is 10.6 Å². The highest BCUT2D eigenvalue weighted by atomic mass is 32.2. The normalized spacial score (nSPS) is 20.4.